The van der Waals surface area contributed by atoms with Crippen molar-refractivity contribution < 1.29 is 10.2 Å². The fourth-order valence-electron chi connectivity index (χ4n) is 1.93. The van der Waals surface area contributed by atoms with E-state index in [-0.39, 0.29) is 17.9 Å². The summed E-state index contributed by atoms with van der Waals surface area (Å²) in [7, 11) is 0. The average Bonchev–Trinajstić information content (AvgIpc) is 2.75. The van der Waals surface area contributed by atoms with Gasteiger partial charge in [-0.05, 0) is 24.3 Å². The summed E-state index contributed by atoms with van der Waals surface area (Å²) in [5, 5.41) is 20.1. The maximum absolute atomic E-state index is 11.8. The van der Waals surface area contributed by atoms with E-state index in [0.717, 1.165) is 15.6 Å². The topological polar surface area (TPSA) is 73.3 Å². The van der Waals surface area contributed by atoms with Gasteiger partial charge in [0.25, 0.3) is 5.56 Å². The van der Waals surface area contributed by atoms with Gasteiger partial charge in [0.1, 0.15) is 10.4 Å². The highest BCUT2D eigenvalue weighted by atomic mass is 32.1. The molecule has 3 N–H and O–H groups in total. The number of rotatable bonds is 1. The Bertz CT molecular complexity index is 772. The largest absolute Gasteiger partial charge is 0.508 e. The maximum atomic E-state index is 11.8. The quantitative estimate of drug-likeness (QED) is 0.615. The molecule has 4 nitrogen and oxygen atoms in total. The first-order valence-corrected chi connectivity index (χ1v) is 5.89. The molecule has 0 saturated carbocycles. The molecule has 0 aliphatic heterocycles. The van der Waals surface area contributed by atoms with Gasteiger partial charge < -0.3 is 15.2 Å². The number of benzene rings is 1. The third-order valence-electron chi connectivity index (χ3n) is 2.69. The van der Waals surface area contributed by atoms with Crippen molar-refractivity contribution in [3.63, 3.8) is 0 Å². The van der Waals surface area contributed by atoms with Crippen molar-refractivity contribution in [3.8, 4) is 5.75 Å². The highest BCUT2D eigenvalue weighted by Crippen LogP contribution is 2.30. The number of aromatic nitrogens is 1. The number of phenols is 1. The van der Waals surface area contributed by atoms with Gasteiger partial charge >= 0.3 is 0 Å². The molecule has 3 rings (SSSR count). The van der Waals surface area contributed by atoms with Gasteiger partial charge in [-0.3, -0.25) is 4.79 Å². The van der Waals surface area contributed by atoms with E-state index in [1.165, 1.54) is 17.4 Å². The molecule has 1 aromatic carbocycles. The minimum Gasteiger partial charge on any atom is -0.508 e. The summed E-state index contributed by atoms with van der Waals surface area (Å²) < 4.78 is 0.576. The second kappa shape index (κ2) is 3.58. The number of fused-ring (bicyclic) bond motifs is 3. The van der Waals surface area contributed by atoms with E-state index in [0.29, 0.717) is 10.2 Å². The first-order valence-electron chi connectivity index (χ1n) is 5.07. The molecule has 0 bridgehead atoms. The number of nitrogens with one attached hydrogen (secondary N) is 1. The molecule has 0 aliphatic carbocycles. The number of H-pyrrole nitrogens is 1. The molecule has 0 aliphatic rings. The van der Waals surface area contributed by atoms with Crippen LogP contribution in [0.5, 0.6) is 5.75 Å². The monoisotopic (exact) mass is 247 g/mol. The lowest BCUT2D eigenvalue weighted by Crippen LogP contribution is -2.03. The molecule has 5 heteroatoms. The summed E-state index contributed by atoms with van der Waals surface area (Å²) in [6, 6.07) is 6.60. The Morgan fingerprint density at radius 1 is 1.24 bits per heavy atom. The number of thiophene rings is 1. The van der Waals surface area contributed by atoms with Crippen LogP contribution < -0.4 is 5.56 Å². The van der Waals surface area contributed by atoms with E-state index >= 15 is 0 Å². The van der Waals surface area contributed by atoms with Gasteiger partial charge in [-0.15, -0.1) is 11.3 Å². The third kappa shape index (κ3) is 1.51. The predicted octanol–water partition coefficient (Wildman–Crippen LogP) is 1.94. The van der Waals surface area contributed by atoms with Crippen molar-refractivity contribution in [2.45, 2.75) is 6.61 Å². The Hall–Kier alpha value is -1.85. The van der Waals surface area contributed by atoms with Crippen LogP contribution in [0.1, 0.15) is 4.88 Å². The van der Waals surface area contributed by atoms with Crippen molar-refractivity contribution in [1.82, 2.24) is 4.98 Å². The molecule has 0 unspecified atom stereocenters. The van der Waals surface area contributed by atoms with E-state index in [1.807, 2.05) is 0 Å². The highest BCUT2D eigenvalue weighted by Gasteiger charge is 2.09. The molecule has 0 spiro atoms. The van der Waals surface area contributed by atoms with E-state index in [2.05, 4.69) is 4.98 Å². The van der Waals surface area contributed by atoms with Crippen LogP contribution in [0.2, 0.25) is 0 Å². The zero-order chi connectivity index (χ0) is 12.0. The van der Waals surface area contributed by atoms with Crippen molar-refractivity contribution in [2.75, 3.05) is 0 Å². The lowest BCUT2D eigenvalue weighted by molar-refractivity contribution is 0.285. The summed E-state index contributed by atoms with van der Waals surface area (Å²) >= 11 is 1.27. The zero-order valence-corrected chi connectivity index (χ0v) is 9.54. The van der Waals surface area contributed by atoms with E-state index < -0.39 is 0 Å². The molecule has 0 amide bonds. The molecule has 2 aromatic heterocycles. The van der Waals surface area contributed by atoms with Crippen LogP contribution in [0.3, 0.4) is 0 Å². The molecular weight excluding hydrogens is 238 g/mol. The van der Waals surface area contributed by atoms with Crippen molar-refractivity contribution in [1.29, 1.82) is 0 Å². The Morgan fingerprint density at radius 3 is 2.82 bits per heavy atom. The Kier molecular flexibility index (Phi) is 2.17. The first kappa shape index (κ1) is 10.3. The van der Waals surface area contributed by atoms with Crippen molar-refractivity contribution in [2.24, 2.45) is 0 Å². The lowest BCUT2D eigenvalue weighted by atomic mass is 10.1. The fraction of sp³-hybridized carbons (Fsp3) is 0.0833. The molecule has 0 fully saturated rings. The fourth-order valence-corrected chi connectivity index (χ4v) is 2.86. The summed E-state index contributed by atoms with van der Waals surface area (Å²) in [4.78, 5) is 15.3. The molecule has 0 saturated heterocycles. The second-order valence-electron chi connectivity index (χ2n) is 3.80. The normalized spacial score (nSPS) is 11.4. The molecule has 0 atom stereocenters. The Morgan fingerprint density at radius 2 is 2.06 bits per heavy atom. The van der Waals surface area contributed by atoms with Gasteiger partial charge in [0.2, 0.25) is 0 Å². The zero-order valence-electron chi connectivity index (χ0n) is 8.73. The number of phenolic OH excluding ortho intramolecular Hbond substituents is 1. The molecule has 3 aromatic rings. The molecular formula is C12H9NO3S. The van der Waals surface area contributed by atoms with Crippen LogP contribution in [-0.2, 0) is 6.61 Å². The number of aromatic amines is 1. The van der Waals surface area contributed by atoms with Crippen LogP contribution >= 0.6 is 11.3 Å². The number of aliphatic hydroxyl groups excluding tert-OH is 1. The van der Waals surface area contributed by atoms with E-state index in [4.69, 9.17) is 5.11 Å². The van der Waals surface area contributed by atoms with Gasteiger partial charge in [-0.25, -0.2) is 0 Å². The van der Waals surface area contributed by atoms with Crippen LogP contribution in [0.15, 0.2) is 29.1 Å². The average molecular weight is 247 g/mol. The van der Waals surface area contributed by atoms with Crippen molar-refractivity contribution in [3.05, 3.63) is 39.5 Å². The van der Waals surface area contributed by atoms with Gasteiger partial charge in [-0.1, -0.05) is 0 Å². The number of hydrogen-bond acceptors (Lipinski definition) is 4. The van der Waals surface area contributed by atoms with Crippen LogP contribution in [-0.4, -0.2) is 15.2 Å². The minimum absolute atomic E-state index is 0.0842. The smallest absolute Gasteiger partial charge is 0.266 e. The van der Waals surface area contributed by atoms with E-state index in [9.17, 15) is 9.90 Å². The van der Waals surface area contributed by atoms with Crippen LogP contribution in [0.25, 0.3) is 21.0 Å². The second-order valence-corrected chi connectivity index (χ2v) is 4.93. The van der Waals surface area contributed by atoms with Crippen molar-refractivity contribution >= 4 is 32.3 Å². The maximum Gasteiger partial charge on any atom is 0.266 e. The Labute approximate surface area is 99.8 Å². The summed E-state index contributed by atoms with van der Waals surface area (Å²) in [5.74, 6) is 0.155. The summed E-state index contributed by atoms with van der Waals surface area (Å²) in [5.41, 5.74) is 0.519. The predicted molar refractivity (Wildman–Crippen MR) is 67.5 cm³/mol. The van der Waals surface area contributed by atoms with Gasteiger partial charge in [0.15, 0.2) is 0 Å². The molecule has 17 heavy (non-hydrogen) atoms. The highest BCUT2D eigenvalue weighted by molar-refractivity contribution is 7.19. The standard InChI is InChI=1S/C12H9NO3S/c14-5-7-4-9-8-3-6(15)1-2-10(8)13-12(16)11(9)17-7/h1-4,14-15H,5H2,(H,13,16). The Balaban J connectivity index is 2.56. The number of hydrogen-bond donors (Lipinski definition) is 3. The first-order chi connectivity index (χ1) is 8.19. The molecule has 86 valence electrons. The minimum atomic E-state index is -0.164. The van der Waals surface area contributed by atoms with Crippen LogP contribution in [0.4, 0.5) is 0 Å². The number of aliphatic hydroxyl groups is 1. The SMILES string of the molecule is O=c1[nH]c2ccc(O)cc2c2cc(CO)sc12. The molecule has 2 heterocycles. The van der Waals surface area contributed by atoms with E-state index in [1.54, 1.807) is 18.2 Å². The lowest BCUT2D eigenvalue weighted by Gasteiger charge is -1.99. The summed E-state index contributed by atoms with van der Waals surface area (Å²) in [6.07, 6.45) is 0. The summed E-state index contributed by atoms with van der Waals surface area (Å²) in [6.45, 7) is -0.0842. The number of aromatic hydroxyl groups is 1. The number of pyridine rings is 1. The third-order valence-corrected chi connectivity index (χ3v) is 3.81. The van der Waals surface area contributed by atoms with Gasteiger partial charge in [0, 0.05) is 21.2 Å². The van der Waals surface area contributed by atoms with Crippen LogP contribution in [0, 0.1) is 0 Å². The molecule has 0 radical (unpaired) electrons. The van der Waals surface area contributed by atoms with Gasteiger partial charge in [0.05, 0.1) is 6.61 Å². The van der Waals surface area contributed by atoms with Gasteiger partial charge in [-0.2, -0.15) is 0 Å².